The molecule has 5 aromatic heterocycles. The van der Waals surface area contributed by atoms with Gasteiger partial charge in [-0.15, -0.1) is 0 Å². The number of likely N-dealkylation sites (N-methyl/N-ethyl adjacent to an activating group) is 1. The number of rotatable bonds is 30. The molecule has 18 rings (SSSR count). The lowest BCUT2D eigenvalue weighted by atomic mass is 9.97. The number of hydrogen-bond acceptors (Lipinski definition) is 19. The van der Waals surface area contributed by atoms with Gasteiger partial charge in [0.15, 0.2) is 52.0 Å². The van der Waals surface area contributed by atoms with Crippen molar-refractivity contribution in [2.24, 2.45) is 11.8 Å². The van der Waals surface area contributed by atoms with Gasteiger partial charge in [-0.3, -0.25) is 43.2 Å². The van der Waals surface area contributed by atoms with Gasteiger partial charge in [0.1, 0.15) is 23.0 Å². The lowest BCUT2D eigenvalue weighted by Crippen LogP contribution is -2.26. The highest BCUT2D eigenvalue weighted by atomic mass is 16.3. The summed E-state index contributed by atoms with van der Waals surface area (Å²) in [7, 11) is 14.7. The first-order valence-electron chi connectivity index (χ1n) is 49.3. The first-order valence-corrected chi connectivity index (χ1v) is 49.3. The summed E-state index contributed by atoms with van der Waals surface area (Å²) in [6.07, 6.45) is 8.98. The number of phenolic OH excluding ortho intramolecular Hbond substituents is 4. The molecule has 4 N–H and O–H groups in total. The first-order chi connectivity index (χ1) is 66.6. The van der Waals surface area contributed by atoms with Crippen LogP contribution in [0.3, 0.4) is 0 Å². The summed E-state index contributed by atoms with van der Waals surface area (Å²) in [5, 5.41) is 51.4. The maximum absolute atomic E-state index is 12.6. The molecule has 0 aliphatic carbocycles. The molecule has 0 radical (unpaired) electrons. The van der Waals surface area contributed by atoms with E-state index in [4.69, 9.17) is 0 Å². The smallest absolute Gasteiger partial charge is 0.165 e. The van der Waals surface area contributed by atoms with E-state index in [-0.39, 0.29) is 98.0 Å². The second kappa shape index (κ2) is 43.2. The Morgan fingerprint density at radius 1 is 0.357 bits per heavy atom. The number of benzene rings is 10. The second-order valence-corrected chi connectivity index (χ2v) is 39.7. The normalized spacial score (nSPS) is 14.6. The fourth-order valence-electron chi connectivity index (χ4n) is 20.8. The van der Waals surface area contributed by atoms with Crippen LogP contribution in [0.25, 0.3) is 115 Å². The minimum atomic E-state index is -0.219. The monoisotopic (exact) mass is 1890 g/mol. The summed E-state index contributed by atoms with van der Waals surface area (Å²) in [5.74, 6) is -0.458. The number of aryl methyl sites for hydroxylation is 4. The molecule has 0 spiro atoms. The second-order valence-electron chi connectivity index (χ2n) is 39.7. The summed E-state index contributed by atoms with van der Waals surface area (Å²) in [6, 6.07) is 48.6. The van der Waals surface area contributed by atoms with Gasteiger partial charge in [0.05, 0.1) is 44.3 Å². The van der Waals surface area contributed by atoms with Crippen molar-refractivity contribution in [2.45, 2.75) is 193 Å². The van der Waals surface area contributed by atoms with Crippen molar-refractivity contribution in [1.29, 1.82) is 0 Å². The van der Waals surface area contributed by atoms with E-state index in [2.05, 4.69) is 158 Å². The molecule has 734 valence electrons. The number of ketones is 9. The van der Waals surface area contributed by atoms with Gasteiger partial charge in [-0.1, -0.05) is 54.2 Å². The van der Waals surface area contributed by atoms with Gasteiger partial charge in [-0.05, 0) is 308 Å². The first kappa shape index (κ1) is 103. The summed E-state index contributed by atoms with van der Waals surface area (Å²) >= 11 is 0. The molecule has 0 saturated carbocycles. The molecular formula is C116H137N11O13. The van der Waals surface area contributed by atoms with E-state index in [1.807, 2.05) is 100 Å². The van der Waals surface area contributed by atoms with E-state index in [1.54, 1.807) is 63.2 Å². The van der Waals surface area contributed by atoms with Gasteiger partial charge >= 0.3 is 0 Å². The van der Waals surface area contributed by atoms with Crippen LogP contribution in [0.2, 0.25) is 0 Å². The Bertz CT molecular complexity index is 7200. The number of phenols is 4. The zero-order chi connectivity index (χ0) is 101. The molecule has 2 fully saturated rings. The average Bonchev–Trinajstić information content (AvgIpc) is 1.57. The van der Waals surface area contributed by atoms with Crippen LogP contribution in [0.4, 0.5) is 0 Å². The Morgan fingerprint density at radius 3 is 0.964 bits per heavy atom. The Balaban J connectivity index is 0.000000139. The zero-order valence-corrected chi connectivity index (χ0v) is 85.2. The Kier molecular flexibility index (Phi) is 31.7. The van der Waals surface area contributed by atoms with Crippen molar-refractivity contribution in [3.8, 4) is 23.0 Å². The highest BCUT2D eigenvalue weighted by Gasteiger charge is 2.31. The topological polar surface area (TPSA) is 279 Å². The summed E-state index contributed by atoms with van der Waals surface area (Å²) < 4.78 is 11.2. The van der Waals surface area contributed by atoms with Crippen LogP contribution in [0.15, 0.2) is 158 Å². The number of Topliss-reactive ketones (excluding diaryl/α,β-unsaturated/α-hetero) is 9. The van der Waals surface area contributed by atoms with Crippen LogP contribution < -0.4 is 0 Å². The molecule has 3 aliphatic rings. The van der Waals surface area contributed by atoms with Gasteiger partial charge in [-0.2, -0.15) is 0 Å². The number of hydrogen-bond donors (Lipinski definition) is 4. The molecule has 2 unspecified atom stereocenters. The van der Waals surface area contributed by atoms with E-state index in [1.165, 1.54) is 70.0 Å². The predicted molar refractivity (Wildman–Crippen MR) is 567 cm³/mol. The number of carbonyl (C=O) groups is 9. The molecule has 24 heteroatoms. The number of nitrogens with zero attached hydrogens (tertiary/aromatic N) is 11. The summed E-state index contributed by atoms with van der Waals surface area (Å²) in [4.78, 5) is 122. The van der Waals surface area contributed by atoms with Gasteiger partial charge in [0.25, 0.3) is 0 Å². The molecule has 10 aromatic carbocycles. The maximum Gasteiger partial charge on any atom is 0.165 e. The number of aromatic hydroxyl groups is 4. The molecule has 2 saturated heterocycles. The summed E-state index contributed by atoms with van der Waals surface area (Å²) in [5.41, 5.74) is 18.3. The van der Waals surface area contributed by atoms with Crippen molar-refractivity contribution in [2.75, 3.05) is 95.1 Å². The fourth-order valence-corrected chi connectivity index (χ4v) is 20.8. The van der Waals surface area contributed by atoms with Crippen molar-refractivity contribution in [1.82, 2.24) is 52.2 Å². The van der Waals surface area contributed by atoms with Crippen LogP contribution in [-0.2, 0) is 39.3 Å². The van der Waals surface area contributed by atoms with E-state index in [0.717, 1.165) is 225 Å². The average molecular weight is 1890 g/mol. The number of likely N-dealkylation sites (tertiary alicyclic amines) is 2. The molecule has 8 heterocycles. The molecule has 24 nitrogen and oxygen atoms in total. The van der Waals surface area contributed by atoms with Gasteiger partial charge in [-0.25, -0.2) is 0 Å². The fraction of sp³-hybridized carbons (Fsp3) is 0.388. The third-order valence-electron chi connectivity index (χ3n) is 28.8. The number of fused-ring (bicyclic) bond motifs is 17. The molecule has 15 aromatic rings. The van der Waals surface area contributed by atoms with Crippen molar-refractivity contribution >= 4 is 167 Å². The van der Waals surface area contributed by atoms with E-state index >= 15 is 0 Å². The number of aromatic nitrogens is 5. The zero-order valence-electron chi connectivity index (χ0n) is 85.2. The predicted octanol–water partition coefficient (Wildman–Crippen LogP) is 22.5. The van der Waals surface area contributed by atoms with Crippen molar-refractivity contribution in [3.05, 3.63) is 219 Å². The lowest BCUT2D eigenvalue weighted by molar-refractivity contribution is 0.0932. The van der Waals surface area contributed by atoms with Crippen molar-refractivity contribution in [3.63, 3.8) is 0 Å². The largest absolute Gasteiger partial charge is 0.507 e. The molecular weight excluding hydrogens is 1760 g/mol. The van der Waals surface area contributed by atoms with Crippen LogP contribution in [0.5, 0.6) is 23.0 Å². The van der Waals surface area contributed by atoms with E-state index in [0.29, 0.717) is 46.4 Å². The molecule has 2 atom stereocenters. The van der Waals surface area contributed by atoms with Gasteiger partial charge in [0, 0.05) is 227 Å². The van der Waals surface area contributed by atoms with E-state index in [9.17, 15) is 63.6 Å². The lowest BCUT2D eigenvalue weighted by Gasteiger charge is -2.20. The quantitative estimate of drug-likeness (QED) is 0.0304. The maximum atomic E-state index is 12.6. The molecule has 3 aliphatic heterocycles. The third-order valence-corrected chi connectivity index (χ3v) is 28.8. The van der Waals surface area contributed by atoms with Crippen LogP contribution in [0.1, 0.15) is 246 Å². The third kappa shape index (κ3) is 21.3. The van der Waals surface area contributed by atoms with Crippen LogP contribution in [0, 0.1) is 11.8 Å². The molecule has 0 bridgehead atoms. The van der Waals surface area contributed by atoms with E-state index < -0.39 is 0 Å². The SMILES string of the molecule is C=C1c2ccc3c(c2CN1C)c1cc(C(C)=O)c(O)cc1n3CCCN(C)C.CC(=O)c1cc2c3cc(C(C)=O)c(O)cc3n(CCC3CCCN3C)c2cc1O.CC(=O)c1ccc2c(c1)c1cc(C(C)=O)ccc1n2CCC1CCCN1C.CC(C)C(=O)c1ccc2c(c1)c1cc(C(=O)C(C)C)ccc1n2CCCN(C)C.CCN(CC)CCn1c2ccc(C(C)=O)cc2c2cc(C(C)=O)c(O)cc21. The highest BCUT2D eigenvalue weighted by Crippen LogP contribution is 2.45. The Hall–Kier alpha value is -13.2. The molecule has 140 heavy (non-hydrogen) atoms. The van der Waals surface area contributed by atoms with Gasteiger partial charge in [0.2, 0.25) is 0 Å². The minimum Gasteiger partial charge on any atom is -0.507 e. The molecule has 0 amide bonds. The minimum absolute atomic E-state index is 0.00585. The number of carbonyl (C=O) groups excluding carboxylic acids is 9. The standard InChI is InChI=1S/C25H32N2O2.C23H27N3O2.C23H26N2O4.C23H26N2O2.C22H26N2O3/c1-16(2)24(28)18-8-10-22-20(14-18)21-15-19(25(29)17(3)4)9-11-23(21)27(22)13-7-12-26(5)6;1-14-16-7-8-20-23(19(16)13-25(14)5)18-11-17(15(2)27)22(28)12-21(18)26(20)10-6-9-24(3)4;1-13(26)16-9-18-19-10-17(14(2)27)23(29)12-21(19)25(20(18)11-22(16)28)8-6-15-5-4-7-24(15)3;1-15(26)17-6-8-22-20(13-17)21-14-18(16(2)27)7-9-23(21)25(22)12-10-19-5-4-11-24(19)3;1-5-23(6-2)9-10-24-20-8-7-16(14(3)25)11-18(20)19-12-17(15(4)26)22(27)13-21(19)24/h8-11,14-17H,7,12-13H2,1-6H3;7-8,11-12,28H,1,6,9-10,13H2,2-5H3;9-12,15,28-29H,4-8H2,1-3H3;6-9,13-14,19H,4-5,10-12H2,1-3H3;7-8,11-13,27H,5-6,9-10H2,1-4H3. The van der Waals surface area contributed by atoms with Crippen LogP contribution >= 0.6 is 0 Å². The van der Waals surface area contributed by atoms with Gasteiger partial charge < -0.3 is 72.7 Å². The Morgan fingerprint density at radius 2 is 0.650 bits per heavy atom. The van der Waals surface area contributed by atoms with Crippen molar-refractivity contribution < 1.29 is 63.6 Å². The summed E-state index contributed by atoms with van der Waals surface area (Å²) in [6.45, 7) is 38.8. The van der Waals surface area contributed by atoms with Crippen LogP contribution in [-0.4, -0.2) is 232 Å². The Labute approximate surface area is 820 Å². The highest BCUT2D eigenvalue weighted by molar-refractivity contribution is 6.19.